The fourth-order valence-corrected chi connectivity index (χ4v) is 3.09. The van der Waals surface area contributed by atoms with Gasteiger partial charge in [0.25, 0.3) is 0 Å². The Balaban J connectivity index is 1.94. The molecule has 2 aromatic heterocycles. The first-order valence-corrected chi connectivity index (χ1v) is 6.51. The summed E-state index contributed by atoms with van der Waals surface area (Å²) in [6, 6.07) is 2.20. The van der Waals surface area contributed by atoms with Crippen molar-refractivity contribution >= 4 is 23.1 Å². The molecule has 0 atom stereocenters. The number of aryl methyl sites for hydroxylation is 1. The molecule has 0 spiro atoms. The molecular formula is C12H14N4S. The zero-order valence-corrected chi connectivity index (χ0v) is 10.5. The molecule has 1 aliphatic rings. The lowest BCUT2D eigenvalue weighted by Gasteiger charge is -2.29. The first-order valence-electron chi connectivity index (χ1n) is 5.63. The Morgan fingerprint density at radius 3 is 3.24 bits per heavy atom. The molecule has 0 saturated heterocycles. The van der Waals surface area contributed by atoms with Gasteiger partial charge in [0.05, 0.1) is 0 Å². The van der Waals surface area contributed by atoms with Crippen molar-refractivity contribution < 1.29 is 0 Å². The lowest BCUT2D eigenvalue weighted by Crippen LogP contribution is -2.31. The number of rotatable bonds is 1. The van der Waals surface area contributed by atoms with E-state index in [9.17, 15) is 0 Å². The largest absolute Gasteiger partial charge is 0.368 e. The second kappa shape index (κ2) is 4.00. The van der Waals surface area contributed by atoms with E-state index in [4.69, 9.17) is 5.73 Å². The maximum absolute atomic E-state index is 5.66. The van der Waals surface area contributed by atoms with E-state index >= 15 is 0 Å². The van der Waals surface area contributed by atoms with Crippen molar-refractivity contribution in [3.63, 3.8) is 0 Å². The van der Waals surface area contributed by atoms with Gasteiger partial charge in [-0.1, -0.05) is 0 Å². The molecule has 0 aliphatic carbocycles. The third-order valence-electron chi connectivity index (χ3n) is 3.07. The molecule has 88 valence electrons. The van der Waals surface area contributed by atoms with Crippen molar-refractivity contribution in [1.82, 2.24) is 9.97 Å². The number of aromatic nitrogens is 2. The van der Waals surface area contributed by atoms with Crippen LogP contribution < -0.4 is 10.6 Å². The van der Waals surface area contributed by atoms with Crippen molar-refractivity contribution in [3.8, 4) is 0 Å². The van der Waals surface area contributed by atoms with Gasteiger partial charge >= 0.3 is 0 Å². The standard InChI is InChI=1S/C12H14N4S/c1-8-6-14-12(13)15-11(8)16-4-2-10-9(7-16)3-5-17-10/h3,5-6H,2,4,7H2,1H3,(H2,13,14,15). The second-order valence-corrected chi connectivity index (χ2v) is 5.28. The van der Waals surface area contributed by atoms with Crippen LogP contribution in [-0.4, -0.2) is 16.5 Å². The first kappa shape index (κ1) is 10.5. The number of anilines is 2. The number of hydrogen-bond donors (Lipinski definition) is 1. The number of fused-ring (bicyclic) bond motifs is 1. The average molecular weight is 246 g/mol. The minimum atomic E-state index is 0.349. The van der Waals surface area contributed by atoms with E-state index in [0.717, 1.165) is 30.9 Å². The summed E-state index contributed by atoms with van der Waals surface area (Å²) in [5, 5.41) is 2.16. The maximum atomic E-state index is 5.66. The van der Waals surface area contributed by atoms with Crippen molar-refractivity contribution in [3.05, 3.63) is 33.6 Å². The Morgan fingerprint density at radius 2 is 2.35 bits per heavy atom. The molecular weight excluding hydrogens is 232 g/mol. The molecule has 0 unspecified atom stereocenters. The van der Waals surface area contributed by atoms with Crippen LogP contribution in [0.25, 0.3) is 0 Å². The van der Waals surface area contributed by atoms with Crippen molar-refractivity contribution in [2.24, 2.45) is 0 Å². The van der Waals surface area contributed by atoms with Crippen LogP contribution >= 0.6 is 11.3 Å². The highest BCUT2D eigenvalue weighted by atomic mass is 32.1. The van der Waals surface area contributed by atoms with Gasteiger partial charge in [0, 0.05) is 29.7 Å². The minimum Gasteiger partial charge on any atom is -0.368 e. The lowest BCUT2D eigenvalue weighted by molar-refractivity contribution is 0.728. The molecule has 0 amide bonds. The van der Waals surface area contributed by atoms with E-state index in [2.05, 4.69) is 26.3 Å². The molecule has 4 nitrogen and oxygen atoms in total. The van der Waals surface area contributed by atoms with Crippen molar-refractivity contribution in [1.29, 1.82) is 0 Å². The van der Waals surface area contributed by atoms with Gasteiger partial charge in [0.15, 0.2) is 0 Å². The highest BCUT2D eigenvalue weighted by Crippen LogP contribution is 2.28. The van der Waals surface area contributed by atoms with E-state index in [-0.39, 0.29) is 0 Å². The predicted octanol–water partition coefficient (Wildman–Crippen LogP) is 1.99. The Labute approximate surface area is 104 Å². The van der Waals surface area contributed by atoms with Crippen LogP contribution in [0, 0.1) is 6.92 Å². The molecule has 0 bridgehead atoms. The summed E-state index contributed by atoms with van der Waals surface area (Å²) >= 11 is 1.85. The number of nitrogen functional groups attached to an aromatic ring is 1. The summed E-state index contributed by atoms with van der Waals surface area (Å²) < 4.78 is 0. The Bertz CT molecular complexity index is 549. The lowest BCUT2D eigenvalue weighted by atomic mass is 10.1. The third-order valence-corrected chi connectivity index (χ3v) is 4.09. The molecule has 1 aliphatic heterocycles. The summed E-state index contributed by atoms with van der Waals surface area (Å²) in [6.45, 7) is 3.96. The maximum Gasteiger partial charge on any atom is 0.221 e. The zero-order valence-electron chi connectivity index (χ0n) is 9.68. The Hall–Kier alpha value is -1.62. The third kappa shape index (κ3) is 1.86. The fourth-order valence-electron chi connectivity index (χ4n) is 2.20. The highest BCUT2D eigenvalue weighted by Gasteiger charge is 2.19. The van der Waals surface area contributed by atoms with Crippen molar-refractivity contribution in [2.75, 3.05) is 17.2 Å². The number of nitrogens with two attached hydrogens (primary N) is 1. The summed E-state index contributed by atoms with van der Waals surface area (Å²) in [7, 11) is 0. The van der Waals surface area contributed by atoms with Gasteiger partial charge < -0.3 is 10.6 Å². The second-order valence-electron chi connectivity index (χ2n) is 4.28. The van der Waals surface area contributed by atoms with Crippen LogP contribution in [0.4, 0.5) is 11.8 Å². The molecule has 2 N–H and O–H groups in total. The number of hydrogen-bond acceptors (Lipinski definition) is 5. The molecule has 0 fully saturated rings. The molecule has 5 heteroatoms. The van der Waals surface area contributed by atoms with E-state index in [1.54, 1.807) is 6.20 Å². The van der Waals surface area contributed by atoms with Crippen molar-refractivity contribution in [2.45, 2.75) is 19.9 Å². The van der Waals surface area contributed by atoms with Gasteiger partial charge in [-0.25, -0.2) is 4.98 Å². The van der Waals surface area contributed by atoms with Crippen LogP contribution in [-0.2, 0) is 13.0 Å². The van der Waals surface area contributed by atoms with Crippen LogP contribution in [0.3, 0.4) is 0 Å². The molecule has 3 rings (SSSR count). The molecule has 3 heterocycles. The van der Waals surface area contributed by atoms with Crippen LogP contribution in [0.2, 0.25) is 0 Å². The van der Waals surface area contributed by atoms with Gasteiger partial charge in [-0.3, -0.25) is 0 Å². The number of nitrogens with zero attached hydrogens (tertiary/aromatic N) is 3. The van der Waals surface area contributed by atoms with Gasteiger partial charge in [0.1, 0.15) is 5.82 Å². The van der Waals surface area contributed by atoms with Gasteiger partial charge in [-0.05, 0) is 30.4 Å². The van der Waals surface area contributed by atoms with E-state index in [1.165, 1.54) is 10.4 Å². The molecule has 0 saturated carbocycles. The van der Waals surface area contributed by atoms with Gasteiger partial charge in [-0.15, -0.1) is 11.3 Å². The van der Waals surface area contributed by atoms with Gasteiger partial charge in [0.2, 0.25) is 5.95 Å². The van der Waals surface area contributed by atoms with E-state index in [0.29, 0.717) is 5.95 Å². The molecule has 2 aromatic rings. The monoisotopic (exact) mass is 246 g/mol. The van der Waals surface area contributed by atoms with Crippen LogP contribution in [0.5, 0.6) is 0 Å². The summed E-state index contributed by atoms with van der Waals surface area (Å²) in [5.74, 6) is 1.32. The molecule has 0 radical (unpaired) electrons. The Morgan fingerprint density at radius 1 is 1.47 bits per heavy atom. The quantitative estimate of drug-likeness (QED) is 0.836. The summed E-state index contributed by atoms with van der Waals surface area (Å²) in [6.07, 6.45) is 2.89. The predicted molar refractivity (Wildman–Crippen MR) is 70.3 cm³/mol. The first-order chi connectivity index (χ1) is 8.24. The van der Waals surface area contributed by atoms with E-state index in [1.807, 2.05) is 18.3 Å². The topological polar surface area (TPSA) is 55.0 Å². The van der Waals surface area contributed by atoms with Gasteiger partial charge in [-0.2, -0.15) is 4.98 Å². The average Bonchev–Trinajstić information content (AvgIpc) is 2.79. The fraction of sp³-hybridized carbons (Fsp3) is 0.333. The normalized spacial score (nSPS) is 14.8. The molecule has 17 heavy (non-hydrogen) atoms. The number of thiophene rings is 1. The highest BCUT2D eigenvalue weighted by molar-refractivity contribution is 7.10. The van der Waals surface area contributed by atoms with Crippen LogP contribution in [0.1, 0.15) is 16.0 Å². The minimum absolute atomic E-state index is 0.349. The summed E-state index contributed by atoms with van der Waals surface area (Å²) in [4.78, 5) is 12.1. The smallest absolute Gasteiger partial charge is 0.221 e. The zero-order chi connectivity index (χ0) is 11.8. The molecule has 0 aromatic carbocycles. The Kier molecular flexibility index (Phi) is 2.48. The van der Waals surface area contributed by atoms with E-state index < -0.39 is 0 Å². The SMILES string of the molecule is Cc1cnc(N)nc1N1CCc2sccc2C1. The summed E-state index contributed by atoms with van der Waals surface area (Å²) in [5.41, 5.74) is 8.16. The van der Waals surface area contributed by atoms with Crippen LogP contribution in [0.15, 0.2) is 17.6 Å².